The molecule has 0 rings (SSSR count). The zero-order valence-corrected chi connectivity index (χ0v) is 6.92. The Morgan fingerprint density at radius 1 is 2.00 bits per heavy atom. The molecular weight excluding hydrogens is 229 g/mol. The summed E-state index contributed by atoms with van der Waals surface area (Å²) >= 11 is 1.85. The molecule has 0 aliphatic heterocycles. The first kappa shape index (κ1) is 8.43. The summed E-state index contributed by atoms with van der Waals surface area (Å²) in [5.74, 6) is 0.329. The molecule has 9 heavy (non-hydrogen) atoms. The van der Waals surface area contributed by atoms with Crippen molar-refractivity contribution in [3.63, 3.8) is 0 Å². The zero-order valence-electron chi connectivity index (χ0n) is 4.76. The number of aliphatic imine (C=N–C) groups is 1. The van der Waals surface area contributed by atoms with E-state index in [1.807, 2.05) is 28.9 Å². The van der Waals surface area contributed by atoms with Gasteiger partial charge >= 0.3 is 0 Å². The van der Waals surface area contributed by atoms with Gasteiger partial charge in [0.05, 0.1) is 29.4 Å². The average Bonchev–Trinajstić information content (AvgIpc) is 1.91. The van der Waals surface area contributed by atoms with Crippen molar-refractivity contribution in [3.8, 4) is 6.07 Å². The summed E-state index contributed by atoms with van der Waals surface area (Å²) in [6.45, 7) is 3.94. The molecule has 0 heterocycles. The molecule has 0 radical (unpaired) electrons. The highest BCUT2D eigenvalue weighted by molar-refractivity contribution is 14.1. The molecule has 0 aromatic carbocycles. The maximum absolute atomic E-state index is 8.27. The Balaban J connectivity index is 3.79. The third kappa shape index (κ3) is 3.97. The summed E-state index contributed by atoms with van der Waals surface area (Å²) in [5, 5.41) is 8.27. The predicted octanol–water partition coefficient (Wildman–Crippen LogP) is 1.03. The Morgan fingerprint density at radius 2 is 2.67 bits per heavy atom. The summed E-state index contributed by atoms with van der Waals surface area (Å²) < 4.78 is 2.60. The topological polar surface area (TPSA) is 48.2 Å². The van der Waals surface area contributed by atoms with E-state index in [0.717, 1.165) is 0 Å². The summed E-state index contributed by atoms with van der Waals surface area (Å²) in [7, 11) is 0. The van der Waals surface area contributed by atoms with E-state index in [4.69, 9.17) is 5.26 Å². The number of hydrogen-bond acceptors (Lipinski definition) is 2. The molecule has 0 aliphatic rings. The van der Waals surface area contributed by atoms with Crippen molar-refractivity contribution < 1.29 is 0 Å². The van der Waals surface area contributed by atoms with Gasteiger partial charge in [-0.05, 0) is 0 Å². The van der Waals surface area contributed by atoms with Gasteiger partial charge in [-0.1, -0.05) is 6.08 Å². The van der Waals surface area contributed by atoms with E-state index in [-0.39, 0.29) is 0 Å². The second-order valence-electron chi connectivity index (χ2n) is 1.18. The van der Waals surface area contributed by atoms with Gasteiger partial charge in [0.25, 0.3) is 0 Å². The molecule has 0 saturated heterocycles. The largest absolute Gasteiger partial charge is 0.304 e. The van der Waals surface area contributed by atoms with E-state index >= 15 is 0 Å². The van der Waals surface area contributed by atoms with Gasteiger partial charge in [-0.15, -0.1) is 6.58 Å². The SMILES string of the molecule is C=CCN=C(C#N)NI. The lowest BCUT2D eigenvalue weighted by molar-refractivity contribution is 1.23. The van der Waals surface area contributed by atoms with Crippen LogP contribution in [0.4, 0.5) is 0 Å². The average molecular weight is 235 g/mol. The molecule has 0 saturated carbocycles. The summed E-state index contributed by atoms with van der Waals surface area (Å²) in [6, 6.07) is 1.87. The fraction of sp³-hybridized carbons (Fsp3) is 0.200. The van der Waals surface area contributed by atoms with Crippen LogP contribution in [0.1, 0.15) is 0 Å². The predicted molar refractivity (Wildman–Crippen MR) is 45.3 cm³/mol. The summed E-state index contributed by atoms with van der Waals surface area (Å²) in [6.07, 6.45) is 1.63. The molecular formula is C5H6IN3. The van der Waals surface area contributed by atoms with Crippen LogP contribution in [0.15, 0.2) is 17.6 Å². The van der Waals surface area contributed by atoms with Crippen molar-refractivity contribution in [2.75, 3.05) is 6.54 Å². The fourth-order valence-corrected chi connectivity index (χ4v) is 0.533. The highest BCUT2D eigenvalue weighted by Gasteiger charge is 1.86. The molecule has 48 valence electrons. The van der Waals surface area contributed by atoms with Crippen molar-refractivity contribution in [1.82, 2.24) is 3.53 Å². The number of halogens is 1. The normalized spacial score (nSPS) is 10.0. The van der Waals surface area contributed by atoms with Gasteiger partial charge in [-0.2, -0.15) is 5.26 Å². The highest BCUT2D eigenvalue weighted by Crippen LogP contribution is 1.77. The molecule has 4 heteroatoms. The highest BCUT2D eigenvalue weighted by atomic mass is 127. The lowest BCUT2D eigenvalue weighted by Gasteiger charge is -1.88. The molecule has 0 amide bonds. The number of hydrogen-bond donors (Lipinski definition) is 1. The van der Waals surface area contributed by atoms with Crippen LogP contribution in [0.2, 0.25) is 0 Å². The molecule has 0 spiro atoms. The summed E-state index contributed by atoms with van der Waals surface area (Å²) in [4.78, 5) is 3.80. The Bertz CT molecular complexity index is 156. The molecule has 0 fully saturated rings. The number of nitrogens with zero attached hydrogens (tertiary/aromatic N) is 2. The number of amidine groups is 1. The smallest absolute Gasteiger partial charge is 0.210 e. The van der Waals surface area contributed by atoms with Crippen LogP contribution in [0.3, 0.4) is 0 Å². The first-order chi connectivity index (χ1) is 4.35. The fourth-order valence-electron chi connectivity index (χ4n) is 0.242. The van der Waals surface area contributed by atoms with Crippen LogP contribution in [-0.4, -0.2) is 12.4 Å². The monoisotopic (exact) mass is 235 g/mol. The summed E-state index contributed by atoms with van der Waals surface area (Å²) in [5.41, 5.74) is 0. The Hall–Kier alpha value is -0.570. The third-order valence-corrected chi connectivity index (χ3v) is 1.08. The second kappa shape index (κ2) is 5.56. The minimum absolute atomic E-state index is 0.329. The number of rotatable bonds is 2. The Morgan fingerprint density at radius 3 is 3.00 bits per heavy atom. The minimum atomic E-state index is 0.329. The standard InChI is InChI=1S/C5H6IN3/c1-2-3-8-5(4-7)9-6/h2H,1,3H2,(H,8,9). The zero-order chi connectivity index (χ0) is 7.11. The van der Waals surface area contributed by atoms with Crippen molar-refractivity contribution in [2.45, 2.75) is 0 Å². The van der Waals surface area contributed by atoms with Gasteiger partial charge in [0.15, 0.2) is 0 Å². The molecule has 0 unspecified atom stereocenters. The van der Waals surface area contributed by atoms with Crippen molar-refractivity contribution in [3.05, 3.63) is 12.7 Å². The van der Waals surface area contributed by atoms with E-state index in [9.17, 15) is 0 Å². The lowest BCUT2D eigenvalue weighted by Crippen LogP contribution is -2.08. The molecule has 0 bridgehead atoms. The van der Waals surface area contributed by atoms with E-state index in [1.165, 1.54) is 0 Å². The molecule has 0 aliphatic carbocycles. The first-order valence-corrected chi connectivity index (χ1v) is 3.35. The van der Waals surface area contributed by atoms with Crippen LogP contribution in [0, 0.1) is 11.3 Å². The molecule has 0 atom stereocenters. The second-order valence-corrected chi connectivity index (χ2v) is 1.72. The quantitative estimate of drug-likeness (QED) is 0.255. The Kier molecular flexibility index (Phi) is 5.21. The van der Waals surface area contributed by atoms with E-state index in [1.54, 1.807) is 6.08 Å². The van der Waals surface area contributed by atoms with Crippen LogP contribution < -0.4 is 3.53 Å². The van der Waals surface area contributed by atoms with Crippen molar-refractivity contribution in [2.24, 2.45) is 4.99 Å². The molecule has 3 nitrogen and oxygen atoms in total. The van der Waals surface area contributed by atoms with Crippen LogP contribution in [0.25, 0.3) is 0 Å². The Labute approximate surface area is 68.0 Å². The number of nitriles is 1. The van der Waals surface area contributed by atoms with Gasteiger partial charge in [0.1, 0.15) is 6.07 Å². The third-order valence-electron chi connectivity index (χ3n) is 0.574. The van der Waals surface area contributed by atoms with Crippen molar-refractivity contribution >= 4 is 28.7 Å². The van der Waals surface area contributed by atoms with Crippen LogP contribution in [-0.2, 0) is 0 Å². The van der Waals surface area contributed by atoms with Gasteiger partial charge < -0.3 is 3.53 Å². The maximum Gasteiger partial charge on any atom is 0.210 e. The maximum atomic E-state index is 8.27. The minimum Gasteiger partial charge on any atom is -0.304 e. The van der Waals surface area contributed by atoms with Gasteiger partial charge in [-0.25, -0.2) is 0 Å². The first-order valence-electron chi connectivity index (χ1n) is 2.27. The van der Waals surface area contributed by atoms with E-state index < -0.39 is 0 Å². The van der Waals surface area contributed by atoms with Crippen LogP contribution >= 0.6 is 22.9 Å². The van der Waals surface area contributed by atoms with Gasteiger partial charge in [0.2, 0.25) is 5.84 Å². The van der Waals surface area contributed by atoms with Gasteiger partial charge in [0, 0.05) is 0 Å². The number of nitrogens with one attached hydrogen (secondary N) is 1. The van der Waals surface area contributed by atoms with Crippen molar-refractivity contribution in [1.29, 1.82) is 5.26 Å². The van der Waals surface area contributed by atoms with Gasteiger partial charge in [-0.3, -0.25) is 4.99 Å². The molecule has 0 aromatic rings. The molecule has 1 N–H and O–H groups in total. The molecule has 0 aromatic heterocycles. The van der Waals surface area contributed by atoms with Crippen LogP contribution in [0.5, 0.6) is 0 Å². The van der Waals surface area contributed by atoms with E-state index in [2.05, 4.69) is 15.1 Å². The lowest BCUT2D eigenvalue weighted by atomic mass is 10.6. The van der Waals surface area contributed by atoms with E-state index in [0.29, 0.717) is 12.4 Å².